The van der Waals surface area contributed by atoms with E-state index < -0.39 is 11.9 Å². The molecule has 2 heterocycles. The Labute approximate surface area is 110 Å². The van der Waals surface area contributed by atoms with E-state index in [1.807, 2.05) is 11.8 Å². The topological polar surface area (TPSA) is 70.1 Å². The predicted molar refractivity (Wildman–Crippen MR) is 67.8 cm³/mol. The van der Waals surface area contributed by atoms with E-state index in [-0.39, 0.29) is 18.7 Å². The van der Waals surface area contributed by atoms with Gasteiger partial charge in [-0.25, -0.2) is 4.79 Å². The minimum atomic E-state index is -0.897. The van der Waals surface area contributed by atoms with Crippen molar-refractivity contribution in [3.05, 3.63) is 0 Å². The molecule has 2 rings (SSSR count). The van der Waals surface area contributed by atoms with Crippen molar-refractivity contribution in [2.24, 2.45) is 5.92 Å². The molecule has 102 valence electrons. The first kappa shape index (κ1) is 13.5. The number of hydrogen-bond donors (Lipinski definition) is 1. The molecule has 0 spiro atoms. The molecular weight excluding hydrogens is 256 g/mol. The number of hydrogen-bond acceptors (Lipinski definition) is 4. The summed E-state index contributed by atoms with van der Waals surface area (Å²) in [6.45, 7) is 1.97. The van der Waals surface area contributed by atoms with Crippen molar-refractivity contribution in [3.63, 3.8) is 0 Å². The molecule has 2 aliphatic rings. The Morgan fingerprint density at radius 1 is 1.33 bits per heavy atom. The molecule has 2 fully saturated rings. The molecule has 0 aromatic rings. The summed E-state index contributed by atoms with van der Waals surface area (Å²) < 4.78 is 5.19. The maximum Gasteiger partial charge on any atom is 0.320 e. The van der Waals surface area contributed by atoms with Crippen LogP contribution in [0.1, 0.15) is 0 Å². The largest absolute Gasteiger partial charge is 0.481 e. The lowest BCUT2D eigenvalue weighted by molar-refractivity contribution is -0.142. The Morgan fingerprint density at radius 2 is 2.00 bits per heavy atom. The monoisotopic (exact) mass is 274 g/mol. The number of carboxylic acids is 1. The van der Waals surface area contributed by atoms with Crippen molar-refractivity contribution in [1.82, 2.24) is 9.80 Å². The zero-order valence-electron chi connectivity index (χ0n) is 10.4. The smallest absolute Gasteiger partial charge is 0.320 e. The van der Waals surface area contributed by atoms with Crippen molar-refractivity contribution >= 4 is 23.8 Å². The fourth-order valence-electron chi connectivity index (χ4n) is 2.28. The van der Waals surface area contributed by atoms with Gasteiger partial charge in [-0.05, 0) is 0 Å². The quantitative estimate of drug-likeness (QED) is 0.778. The van der Waals surface area contributed by atoms with E-state index in [1.54, 1.807) is 11.9 Å². The van der Waals surface area contributed by atoms with Gasteiger partial charge in [0.15, 0.2) is 0 Å². The third kappa shape index (κ3) is 2.72. The summed E-state index contributed by atoms with van der Waals surface area (Å²) in [4.78, 5) is 26.6. The minimum Gasteiger partial charge on any atom is -0.481 e. The van der Waals surface area contributed by atoms with E-state index in [9.17, 15) is 9.59 Å². The summed E-state index contributed by atoms with van der Waals surface area (Å²) in [6.07, 6.45) is 0. The van der Waals surface area contributed by atoms with Crippen LogP contribution in [0.15, 0.2) is 0 Å². The van der Waals surface area contributed by atoms with Crippen molar-refractivity contribution in [1.29, 1.82) is 0 Å². The Balaban J connectivity index is 1.98. The lowest BCUT2D eigenvalue weighted by atomic mass is 10.0. The number of amides is 2. The molecule has 0 saturated carbocycles. The zero-order chi connectivity index (χ0) is 13.1. The van der Waals surface area contributed by atoms with Gasteiger partial charge in [-0.3, -0.25) is 4.79 Å². The van der Waals surface area contributed by atoms with Gasteiger partial charge >= 0.3 is 12.0 Å². The molecular formula is C11H18N2O4S. The van der Waals surface area contributed by atoms with Crippen LogP contribution in [0.25, 0.3) is 0 Å². The van der Waals surface area contributed by atoms with Crippen LogP contribution >= 0.6 is 11.8 Å². The lowest BCUT2D eigenvalue weighted by Gasteiger charge is -2.34. The highest BCUT2D eigenvalue weighted by molar-refractivity contribution is 7.99. The average Bonchev–Trinajstić information content (AvgIpc) is 2.87. The van der Waals surface area contributed by atoms with Gasteiger partial charge in [0.1, 0.15) is 5.92 Å². The average molecular weight is 274 g/mol. The van der Waals surface area contributed by atoms with Crippen LogP contribution in [0, 0.1) is 5.92 Å². The molecule has 2 amide bonds. The number of nitrogens with zero attached hydrogens (tertiary/aromatic N) is 2. The van der Waals surface area contributed by atoms with E-state index in [0.717, 1.165) is 24.6 Å². The predicted octanol–water partition coefficient (Wildman–Crippen LogP) is 0.187. The van der Waals surface area contributed by atoms with Gasteiger partial charge in [0.2, 0.25) is 0 Å². The van der Waals surface area contributed by atoms with Crippen molar-refractivity contribution in [3.8, 4) is 0 Å². The molecule has 0 aromatic carbocycles. The summed E-state index contributed by atoms with van der Waals surface area (Å²) in [7, 11) is 1.67. The minimum absolute atomic E-state index is 0.0861. The Bertz CT molecular complexity index is 333. The molecule has 0 bridgehead atoms. The van der Waals surface area contributed by atoms with Crippen molar-refractivity contribution in [2.45, 2.75) is 6.04 Å². The van der Waals surface area contributed by atoms with Gasteiger partial charge in [-0.1, -0.05) is 0 Å². The van der Waals surface area contributed by atoms with Gasteiger partial charge in [0, 0.05) is 31.6 Å². The molecule has 2 saturated heterocycles. The number of carboxylic acid groups (broad SMARTS) is 1. The molecule has 0 radical (unpaired) electrons. The molecule has 1 N–H and O–H groups in total. The number of ether oxygens (including phenoxy) is 1. The van der Waals surface area contributed by atoms with Gasteiger partial charge in [-0.2, -0.15) is 11.8 Å². The molecule has 6 nitrogen and oxygen atoms in total. The zero-order valence-corrected chi connectivity index (χ0v) is 11.2. The van der Waals surface area contributed by atoms with Gasteiger partial charge in [-0.15, -0.1) is 0 Å². The second kappa shape index (κ2) is 5.79. The number of aliphatic carboxylic acids is 1. The molecule has 0 aliphatic carbocycles. The summed E-state index contributed by atoms with van der Waals surface area (Å²) in [5, 5.41) is 9.09. The highest BCUT2D eigenvalue weighted by Gasteiger charge is 2.39. The Morgan fingerprint density at radius 3 is 2.61 bits per heavy atom. The van der Waals surface area contributed by atoms with Crippen molar-refractivity contribution in [2.75, 3.05) is 44.9 Å². The van der Waals surface area contributed by atoms with E-state index in [4.69, 9.17) is 9.84 Å². The first-order chi connectivity index (χ1) is 8.61. The highest BCUT2D eigenvalue weighted by Crippen LogP contribution is 2.21. The van der Waals surface area contributed by atoms with Crippen LogP contribution in [-0.4, -0.2) is 77.8 Å². The summed E-state index contributed by atoms with van der Waals surface area (Å²) >= 11 is 1.83. The van der Waals surface area contributed by atoms with Gasteiger partial charge in [0.05, 0.1) is 19.3 Å². The van der Waals surface area contributed by atoms with E-state index in [1.165, 1.54) is 4.90 Å². The number of likely N-dealkylation sites (N-methyl/N-ethyl adjacent to an activating group) is 1. The summed E-state index contributed by atoms with van der Waals surface area (Å²) in [5.74, 6) is 0.385. The third-order valence-electron chi connectivity index (χ3n) is 3.45. The number of urea groups is 1. The van der Waals surface area contributed by atoms with Crippen LogP contribution in [0.2, 0.25) is 0 Å². The first-order valence-electron chi connectivity index (χ1n) is 6.01. The highest BCUT2D eigenvalue weighted by atomic mass is 32.2. The molecule has 0 aromatic heterocycles. The maximum atomic E-state index is 12.2. The molecule has 7 heteroatoms. The van der Waals surface area contributed by atoms with Crippen LogP contribution in [0.5, 0.6) is 0 Å². The van der Waals surface area contributed by atoms with E-state index in [2.05, 4.69) is 0 Å². The SMILES string of the molecule is CN(C(=O)N1CCSCC1)C1COCC1C(=O)O. The van der Waals surface area contributed by atoms with Crippen LogP contribution in [0.4, 0.5) is 4.79 Å². The lowest BCUT2D eigenvalue weighted by Crippen LogP contribution is -2.51. The molecule has 2 atom stereocenters. The normalized spacial score (nSPS) is 28.2. The summed E-state index contributed by atoms with van der Waals surface area (Å²) in [6, 6.07) is -0.443. The first-order valence-corrected chi connectivity index (χ1v) is 7.16. The Hall–Kier alpha value is -0.950. The number of rotatable bonds is 2. The van der Waals surface area contributed by atoms with Crippen molar-refractivity contribution < 1.29 is 19.4 Å². The van der Waals surface area contributed by atoms with Gasteiger partial charge in [0.25, 0.3) is 0 Å². The number of carbonyl (C=O) groups is 2. The molecule has 2 unspecified atom stereocenters. The van der Waals surface area contributed by atoms with Crippen LogP contribution in [0.3, 0.4) is 0 Å². The fourth-order valence-corrected chi connectivity index (χ4v) is 3.18. The van der Waals surface area contributed by atoms with Gasteiger partial charge < -0.3 is 19.6 Å². The van der Waals surface area contributed by atoms with Crippen LogP contribution < -0.4 is 0 Å². The number of carbonyl (C=O) groups excluding carboxylic acids is 1. The van der Waals surface area contributed by atoms with E-state index in [0.29, 0.717) is 6.61 Å². The van der Waals surface area contributed by atoms with Crippen LogP contribution in [-0.2, 0) is 9.53 Å². The second-order valence-electron chi connectivity index (χ2n) is 4.54. The third-order valence-corrected chi connectivity index (χ3v) is 4.39. The molecule has 2 aliphatic heterocycles. The van der Waals surface area contributed by atoms with E-state index >= 15 is 0 Å². The standard InChI is InChI=1S/C11H18N2O4S/c1-12(9-7-17-6-8(9)10(14)15)11(16)13-2-4-18-5-3-13/h8-9H,2-7H2,1H3,(H,14,15). The summed E-state index contributed by atoms with van der Waals surface area (Å²) in [5.41, 5.74) is 0. The second-order valence-corrected chi connectivity index (χ2v) is 5.77. The Kier molecular flexibility index (Phi) is 4.34. The molecule has 18 heavy (non-hydrogen) atoms. The number of thioether (sulfide) groups is 1. The fraction of sp³-hybridized carbons (Fsp3) is 0.818. The maximum absolute atomic E-state index is 12.2.